The van der Waals surface area contributed by atoms with Gasteiger partial charge in [-0.05, 0) is 0 Å². The number of halogens is 1. The van der Waals surface area contributed by atoms with Gasteiger partial charge in [0.1, 0.15) is 12.2 Å². The molecule has 0 saturated carbocycles. The standard InChI is InChI=1S/C6H9IO4/c7-3-5(9)4(8)2-1-10-6(3)11-2/h2-6,8-9H,1H2/t2?,3?,4-,5-,6-/m0/s1. The van der Waals surface area contributed by atoms with Crippen LogP contribution in [0.5, 0.6) is 0 Å². The Morgan fingerprint density at radius 1 is 1.27 bits per heavy atom. The van der Waals surface area contributed by atoms with Crippen LogP contribution in [0.25, 0.3) is 0 Å². The van der Waals surface area contributed by atoms with E-state index in [1.807, 2.05) is 22.6 Å². The van der Waals surface area contributed by atoms with Gasteiger partial charge in [0, 0.05) is 0 Å². The predicted octanol–water partition coefficient (Wildman–Crippen LogP) is -0.733. The summed E-state index contributed by atoms with van der Waals surface area (Å²) in [6.45, 7) is 0.391. The van der Waals surface area contributed by atoms with Crippen molar-refractivity contribution in [2.75, 3.05) is 6.61 Å². The van der Waals surface area contributed by atoms with E-state index >= 15 is 0 Å². The first kappa shape index (κ1) is 8.18. The van der Waals surface area contributed by atoms with E-state index in [-0.39, 0.29) is 16.3 Å². The molecule has 2 bridgehead atoms. The molecule has 0 aromatic carbocycles. The molecule has 0 radical (unpaired) electrons. The highest BCUT2D eigenvalue weighted by molar-refractivity contribution is 14.1. The molecular formula is C6H9IO4. The van der Waals surface area contributed by atoms with Crippen LogP contribution in [-0.2, 0) is 9.47 Å². The Kier molecular flexibility index (Phi) is 2.09. The fraction of sp³-hybridized carbons (Fsp3) is 1.00. The van der Waals surface area contributed by atoms with Gasteiger partial charge in [-0.15, -0.1) is 0 Å². The first-order chi connectivity index (χ1) is 5.20. The maximum atomic E-state index is 9.41. The van der Waals surface area contributed by atoms with Crippen molar-refractivity contribution in [1.82, 2.24) is 0 Å². The summed E-state index contributed by atoms with van der Waals surface area (Å²) >= 11 is 2.03. The van der Waals surface area contributed by atoms with E-state index in [0.29, 0.717) is 6.61 Å². The van der Waals surface area contributed by atoms with Crippen molar-refractivity contribution in [3.63, 3.8) is 0 Å². The van der Waals surface area contributed by atoms with E-state index in [4.69, 9.17) is 9.47 Å². The predicted molar refractivity (Wildman–Crippen MR) is 44.4 cm³/mol. The lowest BCUT2D eigenvalue weighted by molar-refractivity contribution is -0.156. The Labute approximate surface area is 77.6 Å². The summed E-state index contributed by atoms with van der Waals surface area (Å²) in [7, 11) is 0. The van der Waals surface area contributed by atoms with Crippen molar-refractivity contribution in [3.8, 4) is 0 Å². The van der Waals surface area contributed by atoms with Gasteiger partial charge in [0.05, 0.1) is 16.6 Å². The topological polar surface area (TPSA) is 58.9 Å². The smallest absolute Gasteiger partial charge is 0.172 e. The maximum Gasteiger partial charge on any atom is 0.172 e. The zero-order valence-corrected chi connectivity index (χ0v) is 7.84. The van der Waals surface area contributed by atoms with Crippen LogP contribution in [0.3, 0.4) is 0 Å². The molecule has 2 unspecified atom stereocenters. The number of ether oxygens (including phenoxy) is 2. The molecule has 2 aliphatic rings. The van der Waals surface area contributed by atoms with Crippen molar-refractivity contribution < 1.29 is 19.7 Å². The highest BCUT2D eigenvalue weighted by Gasteiger charge is 2.48. The number of aliphatic hydroxyl groups is 2. The molecule has 2 heterocycles. The monoisotopic (exact) mass is 272 g/mol. The largest absolute Gasteiger partial charge is 0.389 e. The Hall–Kier alpha value is 0.570. The van der Waals surface area contributed by atoms with Gasteiger partial charge in [-0.1, -0.05) is 22.6 Å². The van der Waals surface area contributed by atoms with Crippen molar-refractivity contribution in [3.05, 3.63) is 0 Å². The third kappa shape index (κ3) is 1.19. The molecule has 0 amide bonds. The average molecular weight is 272 g/mol. The summed E-state index contributed by atoms with van der Waals surface area (Å²) in [6, 6.07) is 0. The van der Waals surface area contributed by atoms with Gasteiger partial charge in [-0.3, -0.25) is 0 Å². The van der Waals surface area contributed by atoms with Gasteiger partial charge >= 0.3 is 0 Å². The molecule has 2 saturated heterocycles. The number of fused-ring (bicyclic) bond motifs is 2. The van der Waals surface area contributed by atoms with E-state index in [0.717, 1.165) is 0 Å². The van der Waals surface area contributed by atoms with Crippen molar-refractivity contribution in [2.45, 2.75) is 28.5 Å². The molecule has 64 valence electrons. The fourth-order valence-electron chi connectivity index (χ4n) is 1.36. The Morgan fingerprint density at radius 3 is 2.73 bits per heavy atom. The zero-order chi connectivity index (χ0) is 8.01. The molecule has 5 heteroatoms. The van der Waals surface area contributed by atoms with E-state index < -0.39 is 12.2 Å². The van der Waals surface area contributed by atoms with Crippen LogP contribution in [0.2, 0.25) is 0 Å². The van der Waals surface area contributed by atoms with Crippen molar-refractivity contribution >= 4 is 22.6 Å². The van der Waals surface area contributed by atoms with Crippen LogP contribution in [0.1, 0.15) is 0 Å². The molecule has 0 aromatic rings. The average Bonchev–Trinajstić information content (AvgIpc) is 2.44. The van der Waals surface area contributed by atoms with E-state index in [1.54, 1.807) is 0 Å². The lowest BCUT2D eigenvalue weighted by atomic mass is 10.0. The fourth-order valence-corrected chi connectivity index (χ4v) is 2.16. The number of hydrogen-bond donors (Lipinski definition) is 2. The van der Waals surface area contributed by atoms with Crippen LogP contribution in [0.15, 0.2) is 0 Å². The van der Waals surface area contributed by atoms with E-state index in [2.05, 4.69) is 0 Å². The SMILES string of the molecule is O[C@H]1C2CO[C@@H](O2)C(I)[C@@H]1O. The molecule has 2 fully saturated rings. The van der Waals surface area contributed by atoms with Crippen molar-refractivity contribution in [1.29, 1.82) is 0 Å². The minimum absolute atomic E-state index is 0.165. The van der Waals surface area contributed by atoms with Crippen LogP contribution < -0.4 is 0 Å². The molecule has 11 heavy (non-hydrogen) atoms. The van der Waals surface area contributed by atoms with Crippen LogP contribution >= 0.6 is 22.6 Å². The summed E-state index contributed by atoms with van der Waals surface area (Å²) in [5, 5.41) is 18.8. The van der Waals surface area contributed by atoms with E-state index in [1.165, 1.54) is 0 Å². The second-order valence-corrected chi connectivity index (χ2v) is 4.24. The molecule has 4 nitrogen and oxygen atoms in total. The molecule has 0 aliphatic carbocycles. The summed E-state index contributed by atoms with van der Waals surface area (Å²) < 4.78 is 10.3. The lowest BCUT2D eigenvalue weighted by Gasteiger charge is -2.32. The quantitative estimate of drug-likeness (QED) is 0.451. The summed E-state index contributed by atoms with van der Waals surface area (Å²) in [4.78, 5) is 0. The molecule has 2 N–H and O–H groups in total. The molecule has 5 atom stereocenters. The van der Waals surface area contributed by atoms with Crippen LogP contribution in [0, 0.1) is 0 Å². The van der Waals surface area contributed by atoms with Gasteiger partial charge in [-0.2, -0.15) is 0 Å². The lowest BCUT2D eigenvalue weighted by Crippen LogP contribution is -2.51. The second kappa shape index (κ2) is 2.81. The zero-order valence-electron chi connectivity index (χ0n) is 5.68. The number of alkyl halides is 1. The van der Waals surface area contributed by atoms with Gasteiger partial charge in [0.15, 0.2) is 6.29 Å². The highest BCUT2D eigenvalue weighted by Crippen LogP contribution is 2.32. The summed E-state index contributed by atoms with van der Waals surface area (Å²) in [5.74, 6) is 0. The molecule has 0 aromatic heterocycles. The highest BCUT2D eigenvalue weighted by atomic mass is 127. The normalized spacial score (nSPS) is 56.5. The minimum atomic E-state index is -0.796. The molecule has 2 rings (SSSR count). The van der Waals surface area contributed by atoms with Crippen LogP contribution in [-0.4, -0.2) is 45.3 Å². The number of rotatable bonds is 0. The Balaban J connectivity index is 2.16. The van der Waals surface area contributed by atoms with Gasteiger partial charge in [0.2, 0.25) is 0 Å². The first-order valence-corrected chi connectivity index (χ1v) is 4.72. The molecule has 0 spiro atoms. The number of aliphatic hydroxyl groups excluding tert-OH is 2. The maximum absolute atomic E-state index is 9.41. The third-order valence-electron chi connectivity index (χ3n) is 2.05. The van der Waals surface area contributed by atoms with Gasteiger partial charge < -0.3 is 19.7 Å². The van der Waals surface area contributed by atoms with Gasteiger partial charge in [-0.25, -0.2) is 0 Å². The Morgan fingerprint density at radius 2 is 2.00 bits per heavy atom. The third-order valence-corrected chi connectivity index (χ3v) is 3.37. The second-order valence-electron chi connectivity index (χ2n) is 2.80. The van der Waals surface area contributed by atoms with Gasteiger partial charge in [0.25, 0.3) is 0 Å². The summed E-state index contributed by atoms with van der Waals surface area (Å²) in [6.07, 6.45) is -2.18. The van der Waals surface area contributed by atoms with E-state index in [9.17, 15) is 10.2 Å². The number of hydrogen-bond acceptors (Lipinski definition) is 4. The summed E-state index contributed by atoms with van der Waals surface area (Å²) in [5.41, 5.74) is 0. The molecular weight excluding hydrogens is 263 g/mol. The first-order valence-electron chi connectivity index (χ1n) is 3.47. The molecule has 2 aliphatic heterocycles. The Bertz CT molecular complexity index is 145. The van der Waals surface area contributed by atoms with Crippen LogP contribution in [0.4, 0.5) is 0 Å². The minimum Gasteiger partial charge on any atom is -0.389 e. The van der Waals surface area contributed by atoms with Crippen molar-refractivity contribution in [2.24, 2.45) is 0 Å².